The fourth-order valence-corrected chi connectivity index (χ4v) is 5.59. The summed E-state index contributed by atoms with van der Waals surface area (Å²) in [7, 11) is 0. The average Bonchev–Trinajstić information content (AvgIpc) is 3.43. The predicted molar refractivity (Wildman–Crippen MR) is 153 cm³/mol. The molecule has 0 saturated carbocycles. The summed E-state index contributed by atoms with van der Waals surface area (Å²) in [6.45, 7) is 3.94. The van der Waals surface area contributed by atoms with Gasteiger partial charge in [-0.15, -0.1) is 0 Å². The van der Waals surface area contributed by atoms with Crippen molar-refractivity contribution in [2.75, 3.05) is 19.7 Å². The van der Waals surface area contributed by atoms with Gasteiger partial charge in [-0.25, -0.2) is 0 Å². The molecule has 0 radical (unpaired) electrons. The lowest BCUT2D eigenvalue weighted by Crippen LogP contribution is -2.52. The predicted octanol–water partition coefficient (Wildman–Crippen LogP) is 5.28. The zero-order chi connectivity index (χ0) is 27.1. The number of carbonyl (C=O) groups excluding carboxylic acids is 1. The molecule has 1 saturated heterocycles. The number of ether oxygens (including phenoxy) is 1. The van der Waals surface area contributed by atoms with E-state index in [2.05, 4.69) is 82.8 Å². The van der Waals surface area contributed by atoms with Crippen LogP contribution in [0.4, 0.5) is 0 Å². The van der Waals surface area contributed by atoms with Crippen LogP contribution in [0.2, 0.25) is 0 Å². The van der Waals surface area contributed by atoms with Gasteiger partial charge in [0.1, 0.15) is 0 Å². The minimum atomic E-state index is -0.550. The minimum Gasteiger partial charge on any atom is -0.466 e. The summed E-state index contributed by atoms with van der Waals surface area (Å²) in [5, 5.41) is 15.7. The summed E-state index contributed by atoms with van der Waals surface area (Å²) in [5.74, 6) is -0.231. The first-order chi connectivity index (χ1) is 19.1. The summed E-state index contributed by atoms with van der Waals surface area (Å²) < 4.78 is 6.78. The van der Waals surface area contributed by atoms with Gasteiger partial charge in [-0.2, -0.15) is 5.10 Å². The number of aryl methyl sites for hydroxylation is 1. The van der Waals surface area contributed by atoms with E-state index in [4.69, 9.17) is 4.74 Å². The SMILES string of the molecule is CCOC(=O)CCn1ccc(/C=C2\CN(C(c3ccccc3)(c3ccccc3)c3ccccc3)CCC2O)n1. The van der Waals surface area contributed by atoms with E-state index < -0.39 is 11.6 Å². The zero-order valence-corrected chi connectivity index (χ0v) is 22.3. The second-order valence-corrected chi connectivity index (χ2v) is 9.81. The Morgan fingerprint density at radius 3 is 2.05 bits per heavy atom. The Kier molecular flexibility index (Phi) is 8.35. The van der Waals surface area contributed by atoms with E-state index in [1.807, 2.05) is 36.5 Å². The van der Waals surface area contributed by atoms with E-state index in [9.17, 15) is 9.90 Å². The van der Waals surface area contributed by atoms with Gasteiger partial charge in [-0.3, -0.25) is 14.4 Å². The first-order valence-electron chi connectivity index (χ1n) is 13.6. The fraction of sp³-hybridized carbons (Fsp3) is 0.273. The van der Waals surface area contributed by atoms with Crippen molar-refractivity contribution in [3.8, 4) is 0 Å². The molecule has 4 aromatic rings. The lowest BCUT2D eigenvalue weighted by Gasteiger charge is -2.48. The lowest BCUT2D eigenvalue weighted by atomic mass is 9.74. The van der Waals surface area contributed by atoms with Gasteiger partial charge in [0, 0.05) is 19.3 Å². The van der Waals surface area contributed by atoms with Crippen molar-refractivity contribution in [3.63, 3.8) is 0 Å². The molecule has 1 atom stereocenters. The highest BCUT2D eigenvalue weighted by atomic mass is 16.5. The van der Waals surface area contributed by atoms with Crippen LogP contribution >= 0.6 is 0 Å². The van der Waals surface area contributed by atoms with Gasteiger partial charge >= 0.3 is 5.97 Å². The van der Waals surface area contributed by atoms with Crippen LogP contribution in [0.1, 0.15) is 42.1 Å². The Morgan fingerprint density at radius 1 is 0.949 bits per heavy atom. The normalized spacial score (nSPS) is 17.3. The number of nitrogens with zero attached hydrogens (tertiary/aromatic N) is 3. The Balaban J connectivity index is 1.52. The molecule has 0 spiro atoms. The van der Waals surface area contributed by atoms with Crippen molar-refractivity contribution in [1.82, 2.24) is 14.7 Å². The van der Waals surface area contributed by atoms with Crippen LogP contribution in [-0.4, -0.2) is 51.6 Å². The van der Waals surface area contributed by atoms with Gasteiger partial charge in [0.25, 0.3) is 0 Å². The third-order valence-corrected chi connectivity index (χ3v) is 7.37. The summed E-state index contributed by atoms with van der Waals surface area (Å²) in [4.78, 5) is 14.2. The topological polar surface area (TPSA) is 67.6 Å². The maximum absolute atomic E-state index is 11.8. The number of esters is 1. The Morgan fingerprint density at radius 2 is 1.51 bits per heavy atom. The van der Waals surface area contributed by atoms with E-state index in [0.29, 0.717) is 26.1 Å². The number of hydrogen-bond acceptors (Lipinski definition) is 5. The van der Waals surface area contributed by atoms with Crippen LogP contribution in [0, 0.1) is 0 Å². The quantitative estimate of drug-likeness (QED) is 0.240. The van der Waals surface area contributed by atoms with Crippen molar-refractivity contribution in [2.45, 2.75) is 38.0 Å². The van der Waals surface area contributed by atoms with E-state index >= 15 is 0 Å². The number of piperidine rings is 1. The molecule has 3 aromatic carbocycles. The molecule has 5 rings (SSSR count). The van der Waals surface area contributed by atoms with Crippen LogP contribution in [-0.2, 0) is 21.6 Å². The molecule has 1 N–H and O–H groups in total. The van der Waals surface area contributed by atoms with Gasteiger partial charge in [0.05, 0.1) is 36.9 Å². The van der Waals surface area contributed by atoms with E-state index in [1.54, 1.807) is 11.6 Å². The number of benzene rings is 3. The van der Waals surface area contributed by atoms with Crippen LogP contribution in [0.3, 0.4) is 0 Å². The molecule has 6 heteroatoms. The highest BCUT2D eigenvalue weighted by Gasteiger charge is 2.44. The van der Waals surface area contributed by atoms with Gasteiger partial charge in [-0.1, -0.05) is 91.0 Å². The maximum Gasteiger partial charge on any atom is 0.307 e. The molecule has 6 nitrogen and oxygen atoms in total. The van der Waals surface area contributed by atoms with Gasteiger partial charge in [-0.05, 0) is 47.8 Å². The molecule has 2 heterocycles. The zero-order valence-electron chi connectivity index (χ0n) is 22.3. The standard InChI is InChI=1S/C33H35N3O3/c1-2-39-32(38)20-23-36-22-18-30(34-36)24-26-25-35(21-19-31(26)37)33(27-12-6-3-7-13-27,28-14-8-4-9-15-28)29-16-10-5-11-17-29/h3-18,22,24,31,37H,2,19-21,23,25H2,1H3/b26-24+. The minimum absolute atomic E-state index is 0.231. The first kappa shape index (κ1) is 26.6. The lowest BCUT2D eigenvalue weighted by molar-refractivity contribution is -0.143. The monoisotopic (exact) mass is 521 g/mol. The van der Waals surface area contributed by atoms with Crippen molar-refractivity contribution in [1.29, 1.82) is 0 Å². The van der Waals surface area contributed by atoms with E-state index in [-0.39, 0.29) is 12.4 Å². The summed E-state index contributed by atoms with van der Waals surface area (Å²) in [6, 6.07) is 33.8. The van der Waals surface area contributed by atoms with Crippen molar-refractivity contribution in [3.05, 3.63) is 131 Å². The van der Waals surface area contributed by atoms with Gasteiger partial charge < -0.3 is 9.84 Å². The van der Waals surface area contributed by atoms with Crippen molar-refractivity contribution < 1.29 is 14.6 Å². The molecule has 39 heavy (non-hydrogen) atoms. The second-order valence-electron chi connectivity index (χ2n) is 9.81. The largest absolute Gasteiger partial charge is 0.466 e. The van der Waals surface area contributed by atoms with Crippen LogP contribution in [0.25, 0.3) is 6.08 Å². The molecule has 1 aromatic heterocycles. The van der Waals surface area contributed by atoms with Crippen molar-refractivity contribution >= 4 is 12.0 Å². The molecule has 0 amide bonds. The Bertz CT molecular complexity index is 1290. The highest BCUT2D eigenvalue weighted by Crippen LogP contribution is 2.44. The van der Waals surface area contributed by atoms with Crippen LogP contribution in [0.5, 0.6) is 0 Å². The summed E-state index contributed by atoms with van der Waals surface area (Å²) >= 11 is 0. The highest BCUT2D eigenvalue weighted by molar-refractivity contribution is 5.69. The molecule has 0 aliphatic carbocycles. The maximum atomic E-state index is 11.8. The molecule has 1 aliphatic heterocycles. The van der Waals surface area contributed by atoms with Gasteiger partial charge in [0.2, 0.25) is 0 Å². The third-order valence-electron chi connectivity index (χ3n) is 7.37. The molecule has 200 valence electrons. The Hall–Kier alpha value is -4.00. The fourth-order valence-electron chi connectivity index (χ4n) is 5.59. The third kappa shape index (κ3) is 5.72. The number of hydrogen-bond donors (Lipinski definition) is 1. The van der Waals surface area contributed by atoms with E-state index in [1.165, 1.54) is 16.7 Å². The second kappa shape index (κ2) is 12.2. The summed E-state index contributed by atoms with van der Waals surface area (Å²) in [5.41, 5.74) is 4.69. The first-order valence-corrected chi connectivity index (χ1v) is 13.6. The van der Waals surface area contributed by atoms with Gasteiger partial charge in [0.15, 0.2) is 0 Å². The average molecular weight is 522 g/mol. The summed E-state index contributed by atoms with van der Waals surface area (Å²) in [6.07, 6.45) is 4.19. The molecule has 1 aliphatic rings. The van der Waals surface area contributed by atoms with Crippen LogP contribution in [0.15, 0.2) is 109 Å². The molecular formula is C33H35N3O3. The number of aliphatic hydroxyl groups is 1. The number of likely N-dealkylation sites (tertiary alicyclic amines) is 1. The number of carbonyl (C=O) groups is 1. The number of aliphatic hydroxyl groups excluding tert-OH is 1. The molecular weight excluding hydrogens is 486 g/mol. The van der Waals surface area contributed by atoms with Crippen LogP contribution < -0.4 is 0 Å². The smallest absolute Gasteiger partial charge is 0.307 e. The Labute approximate surface area is 230 Å². The molecule has 0 bridgehead atoms. The number of aromatic nitrogens is 2. The molecule has 1 unspecified atom stereocenters. The molecule has 1 fully saturated rings. The number of rotatable bonds is 9. The van der Waals surface area contributed by atoms with Crippen molar-refractivity contribution in [2.24, 2.45) is 0 Å². The van der Waals surface area contributed by atoms with E-state index in [0.717, 1.165) is 17.8 Å².